The fourth-order valence-electron chi connectivity index (χ4n) is 3.24. The third-order valence-electron chi connectivity index (χ3n) is 4.86. The first-order valence-corrected chi connectivity index (χ1v) is 8.79. The highest BCUT2D eigenvalue weighted by Gasteiger charge is 2.26. The number of benzene rings is 2. The van der Waals surface area contributed by atoms with Gasteiger partial charge in [-0.25, -0.2) is 0 Å². The SMILES string of the molecule is CC(C(=O)c1ccccc1)N1CCN(CC(=O)c2ccccc2)CC1.Cl.Cl. The molecule has 2 aromatic rings. The molecule has 1 aliphatic heterocycles. The van der Waals surface area contributed by atoms with Gasteiger partial charge in [0.2, 0.25) is 0 Å². The van der Waals surface area contributed by atoms with Crippen LogP contribution in [0.5, 0.6) is 0 Å². The highest BCUT2D eigenvalue weighted by atomic mass is 35.5. The van der Waals surface area contributed by atoms with Crippen LogP contribution in [0.1, 0.15) is 27.6 Å². The summed E-state index contributed by atoms with van der Waals surface area (Å²) in [6.45, 7) is 5.65. The first-order chi connectivity index (χ1) is 12.1. The molecule has 4 nitrogen and oxygen atoms in total. The Balaban J connectivity index is 0.00000182. The van der Waals surface area contributed by atoms with E-state index in [-0.39, 0.29) is 42.4 Å². The predicted octanol–water partition coefficient (Wildman–Crippen LogP) is 3.60. The lowest BCUT2D eigenvalue weighted by molar-refractivity contribution is 0.0662. The summed E-state index contributed by atoms with van der Waals surface area (Å²) in [5, 5.41) is 0. The van der Waals surface area contributed by atoms with Crippen LogP contribution < -0.4 is 0 Å². The zero-order chi connectivity index (χ0) is 17.6. The third-order valence-corrected chi connectivity index (χ3v) is 4.86. The van der Waals surface area contributed by atoms with Crippen molar-refractivity contribution >= 4 is 36.4 Å². The monoisotopic (exact) mass is 408 g/mol. The normalized spacial score (nSPS) is 15.9. The Labute approximate surface area is 173 Å². The molecule has 0 N–H and O–H groups in total. The maximum Gasteiger partial charge on any atom is 0.179 e. The van der Waals surface area contributed by atoms with Gasteiger partial charge in [0.25, 0.3) is 0 Å². The maximum absolute atomic E-state index is 12.6. The topological polar surface area (TPSA) is 40.6 Å². The minimum atomic E-state index is -0.130. The van der Waals surface area contributed by atoms with Crippen molar-refractivity contribution in [3.63, 3.8) is 0 Å². The van der Waals surface area contributed by atoms with Crippen LogP contribution in [0.15, 0.2) is 60.7 Å². The van der Waals surface area contributed by atoms with E-state index in [4.69, 9.17) is 0 Å². The lowest BCUT2D eigenvalue weighted by atomic mass is 10.0. The van der Waals surface area contributed by atoms with E-state index < -0.39 is 0 Å². The predicted molar refractivity (Wildman–Crippen MR) is 114 cm³/mol. The summed E-state index contributed by atoms with van der Waals surface area (Å²) in [6.07, 6.45) is 0. The average Bonchev–Trinajstić information content (AvgIpc) is 2.69. The molecule has 3 rings (SSSR count). The summed E-state index contributed by atoms with van der Waals surface area (Å²) in [5.74, 6) is 0.317. The van der Waals surface area contributed by atoms with Gasteiger partial charge in [-0.05, 0) is 6.92 Å². The van der Waals surface area contributed by atoms with Gasteiger partial charge in [-0.1, -0.05) is 60.7 Å². The van der Waals surface area contributed by atoms with Crippen molar-refractivity contribution in [1.29, 1.82) is 0 Å². The molecule has 27 heavy (non-hydrogen) atoms. The molecule has 0 saturated carbocycles. The quantitative estimate of drug-likeness (QED) is 0.684. The first kappa shape index (κ1) is 23.3. The summed E-state index contributed by atoms with van der Waals surface area (Å²) < 4.78 is 0. The van der Waals surface area contributed by atoms with E-state index in [1.807, 2.05) is 67.6 Å². The molecule has 0 radical (unpaired) electrons. The Morgan fingerprint density at radius 3 is 1.81 bits per heavy atom. The van der Waals surface area contributed by atoms with E-state index in [9.17, 15) is 9.59 Å². The summed E-state index contributed by atoms with van der Waals surface area (Å²) >= 11 is 0. The number of carbonyl (C=O) groups is 2. The van der Waals surface area contributed by atoms with Crippen molar-refractivity contribution in [2.24, 2.45) is 0 Å². The van der Waals surface area contributed by atoms with Gasteiger partial charge in [-0.2, -0.15) is 0 Å². The highest BCUT2D eigenvalue weighted by molar-refractivity contribution is 6.00. The van der Waals surface area contributed by atoms with Gasteiger partial charge < -0.3 is 0 Å². The van der Waals surface area contributed by atoms with Crippen LogP contribution in [0.3, 0.4) is 0 Å². The number of rotatable bonds is 6. The second kappa shape index (κ2) is 11.2. The third kappa shape index (κ3) is 6.15. The summed E-state index contributed by atoms with van der Waals surface area (Å²) in [5.41, 5.74) is 1.52. The lowest BCUT2D eigenvalue weighted by Crippen LogP contribution is -2.52. The van der Waals surface area contributed by atoms with Gasteiger partial charge in [0.15, 0.2) is 11.6 Å². The van der Waals surface area contributed by atoms with Crippen molar-refractivity contribution in [2.75, 3.05) is 32.7 Å². The van der Waals surface area contributed by atoms with E-state index in [2.05, 4.69) is 9.80 Å². The molecular formula is C21H26Cl2N2O2. The van der Waals surface area contributed by atoms with Crippen LogP contribution in [0.25, 0.3) is 0 Å². The van der Waals surface area contributed by atoms with Crippen LogP contribution in [0.4, 0.5) is 0 Å². The smallest absolute Gasteiger partial charge is 0.179 e. The zero-order valence-corrected chi connectivity index (χ0v) is 17.0. The second-order valence-corrected chi connectivity index (χ2v) is 6.51. The summed E-state index contributed by atoms with van der Waals surface area (Å²) in [6, 6.07) is 18.7. The van der Waals surface area contributed by atoms with Crippen molar-refractivity contribution in [2.45, 2.75) is 13.0 Å². The van der Waals surface area contributed by atoms with Crippen molar-refractivity contribution in [3.8, 4) is 0 Å². The van der Waals surface area contributed by atoms with Crippen LogP contribution in [0.2, 0.25) is 0 Å². The molecule has 0 bridgehead atoms. The number of ketones is 2. The van der Waals surface area contributed by atoms with Crippen molar-refractivity contribution in [1.82, 2.24) is 9.80 Å². The Kier molecular flexibility index (Phi) is 9.67. The number of halogens is 2. The minimum absolute atomic E-state index is 0. The summed E-state index contributed by atoms with van der Waals surface area (Å²) in [7, 11) is 0. The molecule has 0 spiro atoms. The Bertz CT molecular complexity index is 717. The van der Waals surface area contributed by atoms with Crippen LogP contribution >= 0.6 is 24.8 Å². The van der Waals surface area contributed by atoms with E-state index in [1.54, 1.807) is 0 Å². The molecule has 146 valence electrons. The molecular weight excluding hydrogens is 383 g/mol. The number of hydrogen-bond donors (Lipinski definition) is 0. The molecule has 0 aromatic heterocycles. The zero-order valence-electron chi connectivity index (χ0n) is 15.4. The van der Waals surface area contributed by atoms with Gasteiger partial charge >= 0.3 is 0 Å². The largest absolute Gasteiger partial charge is 0.293 e. The van der Waals surface area contributed by atoms with Gasteiger partial charge in [0.1, 0.15) is 0 Å². The molecule has 1 heterocycles. The van der Waals surface area contributed by atoms with Gasteiger partial charge in [-0.15, -0.1) is 24.8 Å². The molecule has 6 heteroatoms. The average molecular weight is 409 g/mol. The Hall–Kier alpha value is -1.72. The van der Waals surface area contributed by atoms with E-state index in [0.717, 1.165) is 37.3 Å². The first-order valence-electron chi connectivity index (χ1n) is 8.79. The van der Waals surface area contributed by atoms with Crippen molar-refractivity contribution in [3.05, 3.63) is 71.8 Å². The Morgan fingerprint density at radius 1 is 0.815 bits per heavy atom. The highest BCUT2D eigenvalue weighted by Crippen LogP contribution is 2.12. The molecule has 0 aliphatic carbocycles. The van der Waals surface area contributed by atoms with Crippen molar-refractivity contribution < 1.29 is 9.59 Å². The standard InChI is InChI=1S/C21H24N2O2.2ClH/c1-17(21(25)19-10-6-3-7-11-19)23-14-12-22(13-15-23)16-20(24)18-8-4-2-5-9-18;;/h2-11,17H,12-16H2,1H3;2*1H. The van der Waals surface area contributed by atoms with Gasteiger partial charge in [0.05, 0.1) is 12.6 Å². The number of piperazine rings is 1. The number of Topliss-reactive ketones (excluding diaryl/α,β-unsaturated/α-hetero) is 2. The van der Waals surface area contributed by atoms with Crippen LogP contribution in [-0.4, -0.2) is 60.1 Å². The van der Waals surface area contributed by atoms with Crippen LogP contribution in [-0.2, 0) is 0 Å². The fraction of sp³-hybridized carbons (Fsp3) is 0.333. The van der Waals surface area contributed by atoms with E-state index in [1.165, 1.54) is 0 Å². The van der Waals surface area contributed by atoms with Gasteiger partial charge in [-0.3, -0.25) is 19.4 Å². The maximum atomic E-state index is 12.6. The lowest BCUT2D eigenvalue weighted by Gasteiger charge is -2.37. The minimum Gasteiger partial charge on any atom is -0.293 e. The number of hydrogen-bond acceptors (Lipinski definition) is 4. The molecule has 1 atom stereocenters. The molecule has 0 amide bonds. The molecule has 1 saturated heterocycles. The fourth-order valence-corrected chi connectivity index (χ4v) is 3.24. The summed E-state index contributed by atoms with van der Waals surface area (Å²) in [4.78, 5) is 29.3. The second-order valence-electron chi connectivity index (χ2n) is 6.51. The van der Waals surface area contributed by atoms with E-state index >= 15 is 0 Å². The molecule has 1 fully saturated rings. The molecule has 1 aliphatic rings. The van der Waals surface area contributed by atoms with Gasteiger partial charge in [0, 0.05) is 37.3 Å². The molecule has 2 aromatic carbocycles. The number of nitrogens with zero attached hydrogens (tertiary/aromatic N) is 2. The van der Waals surface area contributed by atoms with E-state index in [0.29, 0.717) is 6.54 Å². The van der Waals surface area contributed by atoms with Crippen LogP contribution in [0, 0.1) is 0 Å². The number of carbonyl (C=O) groups excluding carboxylic acids is 2. The molecule has 1 unspecified atom stereocenters. The Morgan fingerprint density at radius 2 is 1.30 bits per heavy atom.